The maximum atomic E-state index is 13.3. The van der Waals surface area contributed by atoms with E-state index in [4.69, 9.17) is 4.74 Å². The van der Waals surface area contributed by atoms with Gasteiger partial charge in [0.1, 0.15) is 5.82 Å². The van der Waals surface area contributed by atoms with Crippen molar-refractivity contribution in [1.29, 1.82) is 0 Å². The number of hydrogen-bond donors (Lipinski definition) is 3. The van der Waals surface area contributed by atoms with Gasteiger partial charge in [0, 0.05) is 6.20 Å². The van der Waals surface area contributed by atoms with E-state index in [0.29, 0.717) is 12.2 Å². The van der Waals surface area contributed by atoms with Crippen molar-refractivity contribution in [2.75, 3.05) is 11.9 Å². The number of carboxylic acid groups (broad SMARTS) is 1. The SMILES string of the molecule is CCCCCCOC(=O)Nc1cc(C[C@H]2C(=O)N(C(=O)NC(c3ccccc3)c3ccccc3)[C@@H]2C(=O)O)ccn1. The van der Waals surface area contributed by atoms with E-state index in [-0.39, 0.29) is 12.2 Å². The van der Waals surface area contributed by atoms with Gasteiger partial charge in [0.05, 0.1) is 18.6 Å². The van der Waals surface area contributed by atoms with Crippen LogP contribution in [0, 0.1) is 5.92 Å². The Morgan fingerprint density at radius 2 is 1.63 bits per heavy atom. The van der Waals surface area contributed by atoms with Gasteiger partial charge in [-0.25, -0.2) is 24.3 Å². The van der Waals surface area contributed by atoms with Crippen LogP contribution in [0.25, 0.3) is 0 Å². The summed E-state index contributed by atoms with van der Waals surface area (Å²) < 4.78 is 5.17. The van der Waals surface area contributed by atoms with E-state index in [9.17, 15) is 24.3 Å². The molecule has 1 saturated heterocycles. The molecule has 1 fully saturated rings. The van der Waals surface area contributed by atoms with E-state index < -0.39 is 42.0 Å². The topological polar surface area (TPSA) is 138 Å². The average molecular weight is 559 g/mol. The van der Waals surface area contributed by atoms with Crippen LogP contribution >= 0.6 is 0 Å². The summed E-state index contributed by atoms with van der Waals surface area (Å²) in [5.41, 5.74) is 2.17. The Morgan fingerprint density at radius 1 is 0.976 bits per heavy atom. The molecule has 0 saturated carbocycles. The molecule has 2 heterocycles. The molecule has 1 aromatic heterocycles. The summed E-state index contributed by atoms with van der Waals surface area (Å²) in [5, 5.41) is 15.3. The van der Waals surface area contributed by atoms with E-state index >= 15 is 0 Å². The predicted molar refractivity (Wildman–Crippen MR) is 152 cm³/mol. The number of unbranched alkanes of at least 4 members (excludes halogenated alkanes) is 3. The highest BCUT2D eigenvalue weighted by Crippen LogP contribution is 2.32. The fourth-order valence-electron chi connectivity index (χ4n) is 4.86. The number of likely N-dealkylation sites (tertiary alicyclic amines) is 1. The number of anilines is 1. The number of aliphatic carboxylic acids is 1. The van der Waals surface area contributed by atoms with Crippen LogP contribution in [0.1, 0.15) is 55.3 Å². The number of imide groups is 1. The molecule has 4 amide bonds. The van der Waals surface area contributed by atoms with Crippen LogP contribution in [0.15, 0.2) is 79.0 Å². The van der Waals surface area contributed by atoms with Crippen LogP contribution in [0.2, 0.25) is 0 Å². The first kappa shape index (κ1) is 29.3. The van der Waals surface area contributed by atoms with Gasteiger partial charge in [0.25, 0.3) is 0 Å². The van der Waals surface area contributed by atoms with E-state index in [1.807, 2.05) is 60.7 Å². The van der Waals surface area contributed by atoms with Gasteiger partial charge in [-0.3, -0.25) is 10.1 Å². The lowest BCUT2D eigenvalue weighted by Crippen LogP contribution is -2.68. The fraction of sp³-hybridized carbons (Fsp3) is 0.323. The molecule has 2 atom stereocenters. The molecule has 0 radical (unpaired) electrons. The minimum atomic E-state index is -1.34. The molecule has 2 aromatic carbocycles. The number of nitrogens with zero attached hydrogens (tertiary/aromatic N) is 2. The van der Waals surface area contributed by atoms with Gasteiger partial charge in [-0.1, -0.05) is 86.8 Å². The Morgan fingerprint density at radius 3 is 2.24 bits per heavy atom. The third-order valence-electron chi connectivity index (χ3n) is 6.96. The number of β-lactam (4-membered cyclic amide) rings is 1. The van der Waals surface area contributed by atoms with Crippen LogP contribution in [-0.4, -0.2) is 51.6 Å². The summed E-state index contributed by atoms with van der Waals surface area (Å²) in [6, 6.07) is 19.0. The van der Waals surface area contributed by atoms with Crippen molar-refractivity contribution in [3.05, 3.63) is 95.7 Å². The molecule has 0 bridgehead atoms. The van der Waals surface area contributed by atoms with Crippen molar-refractivity contribution in [1.82, 2.24) is 15.2 Å². The number of urea groups is 1. The van der Waals surface area contributed by atoms with Gasteiger partial charge in [-0.15, -0.1) is 0 Å². The quantitative estimate of drug-likeness (QED) is 0.206. The lowest BCUT2D eigenvalue weighted by Gasteiger charge is -2.43. The van der Waals surface area contributed by atoms with E-state index in [2.05, 4.69) is 22.5 Å². The highest BCUT2D eigenvalue weighted by atomic mass is 16.5. The summed E-state index contributed by atoms with van der Waals surface area (Å²) >= 11 is 0. The third-order valence-corrected chi connectivity index (χ3v) is 6.96. The summed E-state index contributed by atoms with van der Waals surface area (Å²) in [7, 11) is 0. The van der Waals surface area contributed by atoms with Crippen LogP contribution in [-0.2, 0) is 20.7 Å². The van der Waals surface area contributed by atoms with Crippen LogP contribution in [0.3, 0.4) is 0 Å². The second-order valence-corrected chi connectivity index (χ2v) is 9.88. The molecule has 214 valence electrons. The lowest BCUT2D eigenvalue weighted by atomic mass is 9.82. The number of carbonyl (C=O) groups excluding carboxylic acids is 3. The zero-order valence-electron chi connectivity index (χ0n) is 22.9. The normalized spacial score (nSPS) is 16.1. The van der Waals surface area contributed by atoms with Gasteiger partial charge in [-0.2, -0.15) is 0 Å². The van der Waals surface area contributed by atoms with E-state index in [1.54, 1.807) is 12.1 Å². The molecular weight excluding hydrogens is 524 g/mol. The van der Waals surface area contributed by atoms with Gasteiger partial charge in [0.15, 0.2) is 6.04 Å². The summed E-state index contributed by atoms with van der Waals surface area (Å²) in [6.07, 6.45) is 4.79. The number of pyridine rings is 1. The molecule has 10 heteroatoms. The summed E-state index contributed by atoms with van der Waals surface area (Å²) in [5.74, 6) is -2.60. The third kappa shape index (κ3) is 7.47. The number of ether oxygens (including phenoxy) is 1. The molecule has 41 heavy (non-hydrogen) atoms. The van der Waals surface area contributed by atoms with E-state index in [0.717, 1.165) is 41.7 Å². The molecule has 10 nitrogen and oxygen atoms in total. The highest BCUT2D eigenvalue weighted by molar-refractivity contribution is 6.07. The molecule has 0 spiro atoms. The van der Waals surface area contributed by atoms with Crippen LogP contribution in [0.5, 0.6) is 0 Å². The van der Waals surface area contributed by atoms with Gasteiger partial charge >= 0.3 is 18.1 Å². The lowest BCUT2D eigenvalue weighted by molar-refractivity contribution is -0.165. The van der Waals surface area contributed by atoms with Crippen molar-refractivity contribution in [2.45, 2.75) is 51.1 Å². The monoisotopic (exact) mass is 558 g/mol. The zero-order valence-corrected chi connectivity index (χ0v) is 22.9. The van der Waals surface area contributed by atoms with Crippen molar-refractivity contribution in [3.63, 3.8) is 0 Å². The van der Waals surface area contributed by atoms with Crippen LogP contribution in [0.4, 0.5) is 15.4 Å². The van der Waals surface area contributed by atoms with Gasteiger partial charge in [0.2, 0.25) is 5.91 Å². The second kappa shape index (κ2) is 14.1. The van der Waals surface area contributed by atoms with Crippen molar-refractivity contribution in [2.24, 2.45) is 5.92 Å². The first-order chi connectivity index (χ1) is 19.9. The van der Waals surface area contributed by atoms with Crippen molar-refractivity contribution < 1.29 is 29.0 Å². The highest BCUT2D eigenvalue weighted by Gasteiger charge is 2.55. The maximum Gasteiger partial charge on any atom is 0.412 e. The molecule has 1 aliphatic heterocycles. The predicted octanol–water partition coefficient (Wildman–Crippen LogP) is 5.16. The number of benzene rings is 2. The second-order valence-electron chi connectivity index (χ2n) is 9.88. The van der Waals surface area contributed by atoms with Gasteiger partial charge in [-0.05, 0) is 41.7 Å². The minimum Gasteiger partial charge on any atom is -0.480 e. The van der Waals surface area contributed by atoms with Gasteiger partial charge < -0.3 is 15.2 Å². The minimum absolute atomic E-state index is 0.0592. The number of carbonyl (C=O) groups is 4. The molecule has 0 aliphatic carbocycles. The number of rotatable bonds is 12. The molecule has 1 aliphatic rings. The average Bonchev–Trinajstić information content (AvgIpc) is 2.98. The summed E-state index contributed by atoms with van der Waals surface area (Å²) in [4.78, 5) is 55.6. The molecule has 0 unspecified atom stereocenters. The standard InChI is InChI=1S/C31H34N4O6/c1-2-3-4-11-18-41-31(40)33-25-20-21(16-17-32-25)19-24-27(29(37)38)35(28(24)36)30(39)34-26(22-12-7-5-8-13-22)23-14-9-6-10-15-23/h5-10,12-17,20,24,26-27H,2-4,11,18-19H2,1H3,(H,34,39)(H,37,38)(H,32,33,40)/t24-,27+/m1/s1. The fourth-order valence-corrected chi connectivity index (χ4v) is 4.86. The smallest absolute Gasteiger partial charge is 0.412 e. The maximum absolute atomic E-state index is 13.3. The Bertz CT molecular complexity index is 1310. The van der Waals surface area contributed by atoms with Crippen molar-refractivity contribution >= 4 is 29.8 Å². The number of carboxylic acids is 1. The first-order valence-corrected chi connectivity index (χ1v) is 13.7. The molecule has 4 rings (SSSR count). The molecule has 3 N–H and O–H groups in total. The number of nitrogens with one attached hydrogen (secondary N) is 2. The number of hydrogen-bond acceptors (Lipinski definition) is 6. The van der Waals surface area contributed by atoms with Crippen LogP contribution < -0.4 is 10.6 Å². The Balaban J connectivity index is 1.41. The Kier molecular flexibility index (Phi) is 10.0. The van der Waals surface area contributed by atoms with E-state index in [1.165, 1.54) is 6.20 Å². The largest absolute Gasteiger partial charge is 0.480 e. The number of amides is 4. The molecular formula is C31H34N4O6. The summed E-state index contributed by atoms with van der Waals surface area (Å²) in [6.45, 7) is 2.40. The Labute approximate surface area is 238 Å². The number of aromatic nitrogens is 1. The van der Waals surface area contributed by atoms with Crippen molar-refractivity contribution in [3.8, 4) is 0 Å². The Hall–Kier alpha value is -4.73. The molecule has 3 aromatic rings. The zero-order chi connectivity index (χ0) is 29.2. The first-order valence-electron chi connectivity index (χ1n) is 13.7.